The van der Waals surface area contributed by atoms with Gasteiger partial charge in [-0.1, -0.05) is 26.8 Å². The van der Waals surface area contributed by atoms with E-state index in [4.69, 9.17) is 9.47 Å². The molecule has 1 aromatic carbocycles. The maximum atomic E-state index is 14.2. The first-order valence-corrected chi connectivity index (χ1v) is 14.7. The van der Waals surface area contributed by atoms with Crippen LogP contribution in [0.25, 0.3) is 0 Å². The highest BCUT2D eigenvalue weighted by atomic mass is 19.3. The third kappa shape index (κ3) is 8.64. The van der Waals surface area contributed by atoms with Crippen molar-refractivity contribution in [2.45, 2.75) is 60.0 Å². The molecule has 1 amide bonds. The highest BCUT2D eigenvalue weighted by Crippen LogP contribution is 2.33. The Bertz CT molecular complexity index is 1450. The van der Waals surface area contributed by atoms with Gasteiger partial charge >= 0.3 is 12.6 Å². The molecule has 0 saturated carbocycles. The molecule has 3 heterocycles. The van der Waals surface area contributed by atoms with Gasteiger partial charge in [-0.2, -0.15) is 8.78 Å². The minimum atomic E-state index is -2.99. The highest BCUT2D eigenvalue weighted by molar-refractivity contribution is 6.09. The van der Waals surface area contributed by atoms with E-state index in [-0.39, 0.29) is 23.0 Å². The molecular formula is C33H40F2N4O5. The van der Waals surface area contributed by atoms with Crippen LogP contribution in [-0.2, 0) is 4.79 Å². The number of halogens is 2. The lowest BCUT2D eigenvalue weighted by Gasteiger charge is -2.36. The number of hydrogen-bond donors (Lipinski definition) is 1. The summed E-state index contributed by atoms with van der Waals surface area (Å²) in [5, 5.41) is 9.30. The van der Waals surface area contributed by atoms with Crippen molar-refractivity contribution in [3.05, 3.63) is 71.5 Å². The van der Waals surface area contributed by atoms with Gasteiger partial charge in [-0.05, 0) is 73.9 Å². The number of ether oxygens (including phenoxy) is 2. The molecular weight excluding hydrogens is 570 g/mol. The van der Waals surface area contributed by atoms with Crippen LogP contribution in [-0.4, -0.2) is 59.8 Å². The fourth-order valence-electron chi connectivity index (χ4n) is 5.15. The third-order valence-electron chi connectivity index (χ3n) is 7.50. The summed E-state index contributed by atoms with van der Waals surface area (Å²) >= 11 is 0. The number of carboxylic acid groups (broad SMARTS) is 1. The first kappa shape index (κ1) is 32.6. The minimum Gasteiger partial charge on any atom is -0.481 e. The Labute approximate surface area is 256 Å². The summed E-state index contributed by atoms with van der Waals surface area (Å²) in [7, 11) is 0. The Morgan fingerprint density at radius 2 is 1.84 bits per heavy atom. The summed E-state index contributed by atoms with van der Waals surface area (Å²) in [6, 6.07) is 13.3. The molecule has 0 aliphatic carbocycles. The van der Waals surface area contributed by atoms with Gasteiger partial charge < -0.3 is 19.5 Å². The molecule has 4 rings (SSSR count). The lowest BCUT2D eigenvalue weighted by Crippen LogP contribution is -2.41. The number of carbonyl (C=O) groups is 2. The van der Waals surface area contributed by atoms with Crippen LogP contribution in [0.4, 0.5) is 20.3 Å². The number of pyridine rings is 2. The molecule has 44 heavy (non-hydrogen) atoms. The number of anilines is 2. The van der Waals surface area contributed by atoms with E-state index in [2.05, 4.69) is 9.97 Å². The summed E-state index contributed by atoms with van der Waals surface area (Å²) < 4.78 is 36.9. The fourth-order valence-corrected chi connectivity index (χ4v) is 5.15. The topological polar surface area (TPSA) is 105 Å². The van der Waals surface area contributed by atoms with E-state index in [9.17, 15) is 23.5 Å². The van der Waals surface area contributed by atoms with Gasteiger partial charge in [-0.15, -0.1) is 0 Å². The molecule has 0 bridgehead atoms. The average molecular weight is 611 g/mol. The van der Waals surface area contributed by atoms with Crippen molar-refractivity contribution in [2.24, 2.45) is 11.3 Å². The van der Waals surface area contributed by atoms with E-state index in [0.717, 1.165) is 18.5 Å². The molecule has 236 valence electrons. The van der Waals surface area contributed by atoms with Crippen molar-refractivity contribution in [1.82, 2.24) is 9.97 Å². The quantitative estimate of drug-likeness (QED) is 0.260. The Kier molecular flexibility index (Phi) is 10.4. The Balaban J connectivity index is 1.53. The monoisotopic (exact) mass is 610 g/mol. The van der Waals surface area contributed by atoms with Crippen LogP contribution in [0, 0.1) is 18.3 Å². The number of benzene rings is 1. The normalized spacial score (nSPS) is 14.8. The summed E-state index contributed by atoms with van der Waals surface area (Å²) in [4.78, 5) is 38.0. The average Bonchev–Trinajstić information content (AvgIpc) is 2.97. The molecule has 3 aromatic rings. The number of carboxylic acids is 1. The molecule has 0 spiro atoms. The first-order valence-electron chi connectivity index (χ1n) is 14.7. The maximum absolute atomic E-state index is 14.2. The maximum Gasteiger partial charge on any atom is 0.387 e. The van der Waals surface area contributed by atoms with Gasteiger partial charge in [0.15, 0.2) is 0 Å². The number of hydrogen-bond acceptors (Lipinski definition) is 7. The van der Waals surface area contributed by atoms with Gasteiger partial charge in [0.2, 0.25) is 5.88 Å². The smallest absolute Gasteiger partial charge is 0.387 e. The van der Waals surface area contributed by atoms with E-state index in [0.29, 0.717) is 54.8 Å². The second-order valence-electron chi connectivity index (χ2n) is 12.4. The zero-order valence-electron chi connectivity index (χ0n) is 25.8. The van der Waals surface area contributed by atoms with Crippen molar-refractivity contribution < 1.29 is 33.0 Å². The molecule has 1 saturated heterocycles. The molecule has 1 fully saturated rings. The van der Waals surface area contributed by atoms with Gasteiger partial charge in [-0.25, -0.2) is 9.97 Å². The van der Waals surface area contributed by atoms with Crippen molar-refractivity contribution in [3.8, 4) is 11.6 Å². The molecule has 1 aliphatic rings. The number of alkyl halides is 2. The zero-order valence-corrected chi connectivity index (χ0v) is 25.8. The third-order valence-corrected chi connectivity index (χ3v) is 7.50. The Morgan fingerprint density at radius 3 is 2.48 bits per heavy atom. The number of carbonyl (C=O) groups excluding carboxylic acids is 1. The predicted molar refractivity (Wildman–Crippen MR) is 164 cm³/mol. The van der Waals surface area contributed by atoms with E-state index in [1.807, 2.05) is 44.7 Å². The summed E-state index contributed by atoms with van der Waals surface area (Å²) in [5.41, 5.74) is 2.05. The van der Waals surface area contributed by atoms with Crippen molar-refractivity contribution in [3.63, 3.8) is 0 Å². The van der Waals surface area contributed by atoms with Crippen molar-refractivity contribution in [1.29, 1.82) is 0 Å². The lowest BCUT2D eigenvalue weighted by molar-refractivity contribution is -0.138. The zero-order chi connectivity index (χ0) is 32.0. The molecule has 9 nitrogen and oxygen atoms in total. The van der Waals surface area contributed by atoms with Gasteiger partial charge in [0.1, 0.15) is 11.6 Å². The number of nitrogens with zero attached hydrogens (tertiary/aromatic N) is 4. The molecule has 0 radical (unpaired) electrons. The molecule has 1 unspecified atom stereocenters. The summed E-state index contributed by atoms with van der Waals surface area (Å²) in [6.07, 6.45) is 2.99. The second-order valence-corrected chi connectivity index (χ2v) is 12.4. The number of piperidine rings is 1. The largest absolute Gasteiger partial charge is 0.481 e. The van der Waals surface area contributed by atoms with Crippen LogP contribution in [0.15, 0.2) is 54.7 Å². The first-order chi connectivity index (χ1) is 20.8. The van der Waals surface area contributed by atoms with E-state index in [1.54, 1.807) is 36.1 Å². The molecule has 1 atom stereocenters. The van der Waals surface area contributed by atoms with Gasteiger partial charge in [0.05, 0.1) is 23.8 Å². The van der Waals surface area contributed by atoms with Crippen LogP contribution in [0.2, 0.25) is 0 Å². The van der Waals surface area contributed by atoms with Gasteiger partial charge in [0.25, 0.3) is 5.91 Å². The molecule has 11 heteroatoms. The van der Waals surface area contributed by atoms with E-state index in [1.165, 1.54) is 18.3 Å². The summed E-state index contributed by atoms with van der Waals surface area (Å²) in [5.74, 6) is -0.819. The summed E-state index contributed by atoms with van der Waals surface area (Å²) in [6.45, 7) is 8.52. The second kappa shape index (κ2) is 14.0. The van der Waals surface area contributed by atoms with Crippen LogP contribution >= 0.6 is 0 Å². The van der Waals surface area contributed by atoms with Gasteiger partial charge in [-0.3, -0.25) is 14.5 Å². The SMILES string of the molecule is Cc1cccc(N(CC(C)(C)C)C(=O)c2ccc(OC(F)F)cc2N2CCC(COc3cc(C(C)C(=O)O)ccn3)CC2)n1. The Morgan fingerprint density at radius 1 is 1.11 bits per heavy atom. The van der Waals surface area contributed by atoms with Crippen molar-refractivity contribution in [2.75, 3.05) is 36.0 Å². The van der Waals surface area contributed by atoms with E-state index < -0.39 is 18.5 Å². The number of rotatable bonds is 11. The number of aromatic nitrogens is 2. The van der Waals surface area contributed by atoms with Crippen LogP contribution in [0.3, 0.4) is 0 Å². The van der Waals surface area contributed by atoms with Crippen LogP contribution < -0.4 is 19.3 Å². The standard InChI is InChI=1S/C33H40F2N4O5/c1-21-7-6-8-28(37-21)39(20-33(3,4)5)30(40)26-10-9-25(44-32(34)35)18-27(26)38-15-12-23(13-16-38)19-43-29-17-24(11-14-36-29)22(2)31(41)42/h6-11,14,17-18,22-23,32H,12-13,15-16,19-20H2,1-5H3,(H,41,42). The number of aliphatic carboxylic acids is 1. The highest BCUT2D eigenvalue weighted by Gasteiger charge is 2.30. The number of amides is 1. The lowest BCUT2D eigenvalue weighted by atomic mass is 9.94. The van der Waals surface area contributed by atoms with Crippen LogP contribution in [0.5, 0.6) is 11.6 Å². The minimum absolute atomic E-state index is 0.0189. The fraction of sp³-hybridized carbons (Fsp3) is 0.455. The molecule has 1 N–H and O–H groups in total. The number of aryl methyl sites for hydroxylation is 1. The van der Waals surface area contributed by atoms with Gasteiger partial charge in [0, 0.05) is 43.7 Å². The predicted octanol–water partition coefficient (Wildman–Crippen LogP) is 6.56. The van der Waals surface area contributed by atoms with Crippen LogP contribution in [0.1, 0.15) is 68.1 Å². The molecule has 1 aliphatic heterocycles. The van der Waals surface area contributed by atoms with E-state index >= 15 is 0 Å². The van der Waals surface area contributed by atoms with Crippen molar-refractivity contribution >= 4 is 23.4 Å². The Hall–Kier alpha value is -4.28. The molecule has 2 aromatic heterocycles.